The van der Waals surface area contributed by atoms with Crippen molar-refractivity contribution in [2.24, 2.45) is 0 Å². The van der Waals surface area contributed by atoms with Crippen molar-refractivity contribution >= 4 is 27.8 Å². The van der Waals surface area contributed by atoms with E-state index in [0.29, 0.717) is 0 Å². The lowest BCUT2D eigenvalue weighted by Crippen LogP contribution is -2.17. The first-order valence-corrected chi connectivity index (χ1v) is 8.75. The average molecular weight is 322 g/mol. The third-order valence-corrected chi connectivity index (χ3v) is 4.78. The summed E-state index contributed by atoms with van der Waals surface area (Å²) in [5.74, 6) is 0. The second-order valence-electron chi connectivity index (χ2n) is 5.62. The molecule has 0 radical (unpaired) electrons. The van der Waals surface area contributed by atoms with Crippen LogP contribution in [0.5, 0.6) is 0 Å². The molecule has 1 aromatic carbocycles. The van der Waals surface area contributed by atoms with Crippen molar-refractivity contribution in [3.8, 4) is 11.4 Å². The van der Waals surface area contributed by atoms with E-state index in [9.17, 15) is 0 Å². The van der Waals surface area contributed by atoms with Gasteiger partial charge in [-0.3, -0.25) is 4.98 Å². The predicted molar refractivity (Wildman–Crippen MR) is 96.5 cm³/mol. The van der Waals surface area contributed by atoms with E-state index in [2.05, 4.69) is 44.5 Å². The Morgan fingerprint density at radius 2 is 1.78 bits per heavy atom. The maximum absolute atomic E-state index is 4.61. The molecule has 116 valence electrons. The van der Waals surface area contributed by atoms with Crippen LogP contribution in [0.3, 0.4) is 0 Å². The topological polar surface area (TPSA) is 41.0 Å². The molecular formula is C18H18N4S. The minimum absolute atomic E-state index is 0.888. The lowest BCUT2D eigenvalue weighted by atomic mass is 10.2. The van der Waals surface area contributed by atoms with Crippen LogP contribution in [-0.4, -0.2) is 23.1 Å². The van der Waals surface area contributed by atoms with Gasteiger partial charge in [-0.05, 0) is 49.2 Å². The molecular weight excluding hydrogens is 304 g/mol. The van der Waals surface area contributed by atoms with Gasteiger partial charge >= 0.3 is 0 Å². The van der Waals surface area contributed by atoms with Crippen molar-refractivity contribution in [1.29, 1.82) is 0 Å². The lowest BCUT2D eigenvalue weighted by molar-refractivity contribution is 0.949. The first kappa shape index (κ1) is 14.2. The Morgan fingerprint density at radius 1 is 0.957 bits per heavy atom. The number of anilines is 3. The van der Waals surface area contributed by atoms with E-state index >= 15 is 0 Å². The van der Waals surface area contributed by atoms with Crippen LogP contribution in [0, 0.1) is 0 Å². The number of rotatable bonds is 4. The number of nitrogens with zero attached hydrogens (tertiary/aromatic N) is 3. The molecule has 1 N–H and O–H groups in total. The van der Waals surface area contributed by atoms with E-state index in [1.54, 1.807) is 17.5 Å². The largest absolute Gasteiger partial charge is 0.372 e. The van der Waals surface area contributed by atoms with Crippen LogP contribution in [0.2, 0.25) is 0 Å². The fourth-order valence-electron chi connectivity index (χ4n) is 2.82. The van der Waals surface area contributed by atoms with Gasteiger partial charge in [0.25, 0.3) is 0 Å². The van der Waals surface area contributed by atoms with Crippen LogP contribution in [-0.2, 0) is 0 Å². The summed E-state index contributed by atoms with van der Waals surface area (Å²) in [5.41, 5.74) is 4.18. The van der Waals surface area contributed by atoms with Gasteiger partial charge in [0, 0.05) is 36.0 Å². The van der Waals surface area contributed by atoms with Gasteiger partial charge in [0.2, 0.25) is 0 Å². The Labute approximate surface area is 139 Å². The molecule has 0 saturated carbocycles. The van der Waals surface area contributed by atoms with Crippen molar-refractivity contribution in [3.05, 3.63) is 54.0 Å². The predicted octanol–water partition coefficient (Wildman–Crippen LogP) is 4.55. The van der Waals surface area contributed by atoms with Gasteiger partial charge in [-0.2, -0.15) is 0 Å². The third-order valence-electron chi connectivity index (χ3n) is 4.02. The van der Waals surface area contributed by atoms with Crippen LogP contribution in [0.25, 0.3) is 11.4 Å². The first-order valence-electron chi connectivity index (χ1n) is 7.87. The quantitative estimate of drug-likeness (QED) is 0.765. The van der Waals surface area contributed by atoms with Crippen LogP contribution in [0.15, 0.2) is 54.0 Å². The summed E-state index contributed by atoms with van der Waals surface area (Å²) in [6, 6.07) is 14.5. The number of nitrogens with one attached hydrogen (secondary N) is 1. The smallest absolute Gasteiger partial charge is 0.187 e. The Kier molecular flexibility index (Phi) is 3.94. The molecule has 1 fully saturated rings. The van der Waals surface area contributed by atoms with Gasteiger partial charge in [-0.25, -0.2) is 4.98 Å². The summed E-state index contributed by atoms with van der Waals surface area (Å²) in [6.07, 6.45) is 4.39. The number of benzene rings is 1. The standard InChI is InChI=1S/C18H18N4S/c1-2-10-19-16(5-1)17-13-23-18(21-17)20-14-6-8-15(9-7-14)22-11-3-4-12-22/h1-2,5-10,13H,3-4,11-12H2,(H,20,21). The summed E-state index contributed by atoms with van der Waals surface area (Å²) in [6.45, 7) is 2.35. The molecule has 0 spiro atoms. The molecule has 1 aliphatic rings. The van der Waals surface area contributed by atoms with Crippen LogP contribution < -0.4 is 10.2 Å². The zero-order chi connectivity index (χ0) is 15.5. The number of pyridine rings is 1. The summed E-state index contributed by atoms with van der Waals surface area (Å²) in [7, 11) is 0. The lowest BCUT2D eigenvalue weighted by Gasteiger charge is -2.17. The molecule has 2 aromatic heterocycles. The second-order valence-corrected chi connectivity index (χ2v) is 6.48. The van der Waals surface area contributed by atoms with Gasteiger partial charge in [0.15, 0.2) is 5.13 Å². The average Bonchev–Trinajstić information content (AvgIpc) is 3.28. The monoisotopic (exact) mass is 322 g/mol. The van der Waals surface area contributed by atoms with Gasteiger partial charge in [-0.15, -0.1) is 11.3 Å². The molecule has 0 unspecified atom stereocenters. The Hall–Kier alpha value is -2.40. The number of thiazole rings is 1. The highest BCUT2D eigenvalue weighted by Gasteiger charge is 2.12. The molecule has 4 rings (SSSR count). The maximum atomic E-state index is 4.61. The highest BCUT2D eigenvalue weighted by molar-refractivity contribution is 7.14. The normalized spacial score (nSPS) is 14.2. The highest BCUT2D eigenvalue weighted by atomic mass is 32.1. The zero-order valence-corrected chi connectivity index (χ0v) is 13.6. The van der Waals surface area contributed by atoms with Crippen LogP contribution in [0.1, 0.15) is 12.8 Å². The van der Waals surface area contributed by atoms with Crippen molar-refractivity contribution in [3.63, 3.8) is 0 Å². The number of hydrogen-bond acceptors (Lipinski definition) is 5. The summed E-state index contributed by atoms with van der Waals surface area (Å²) >= 11 is 1.60. The van der Waals surface area contributed by atoms with Crippen molar-refractivity contribution in [2.75, 3.05) is 23.3 Å². The number of aromatic nitrogens is 2. The molecule has 23 heavy (non-hydrogen) atoms. The van der Waals surface area contributed by atoms with Crippen molar-refractivity contribution in [2.45, 2.75) is 12.8 Å². The van der Waals surface area contributed by atoms with E-state index in [1.165, 1.54) is 31.6 Å². The van der Waals surface area contributed by atoms with E-state index in [-0.39, 0.29) is 0 Å². The fourth-order valence-corrected chi connectivity index (χ4v) is 3.54. The molecule has 3 aromatic rings. The third kappa shape index (κ3) is 3.19. The molecule has 1 saturated heterocycles. The van der Waals surface area contributed by atoms with Gasteiger partial charge in [-0.1, -0.05) is 6.07 Å². The summed E-state index contributed by atoms with van der Waals surface area (Å²) in [4.78, 5) is 11.4. The highest BCUT2D eigenvalue weighted by Crippen LogP contribution is 2.27. The Bertz CT molecular complexity index is 761. The minimum atomic E-state index is 0.888. The summed E-state index contributed by atoms with van der Waals surface area (Å²) in [5, 5.41) is 6.29. The maximum Gasteiger partial charge on any atom is 0.187 e. The molecule has 0 atom stereocenters. The molecule has 3 heterocycles. The molecule has 5 heteroatoms. The minimum Gasteiger partial charge on any atom is -0.372 e. The SMILES string of the molecule is c1ccc(-c2csc(Nc3ccc(N4CCCC4)cc3)n2)nc1. The van der Waals surface area contributed by atoms with Gasteiger partial charge in [0.05, 0.1) is 5.69 Å². The van der Waals surface area contributed by atoms with Crippen molar-refractivity contribution in [1.82, 2.24) is 9.97 Å². The zero-order valence-electron chi connectivity index (χ0n) is 12.8. The van der Waals surface area contributed by atoms with E-state index < -0.39 is 0 Å². The second kappa shape index (κ2) is 6.38. The fraction of sp³-hybridized carbons (Fsp3) is 0.222. The van der Waals surface area contributed by atoms with Crippen LogP contribution >= 0.6 is 11.3 Å². The Morgan fingerprint density at radius 3 is 2.52 bits per heavy atom. The van der Waals surface area contributed by atoms with Crippen LogP contribution in [0.4, 0.5) is 16.5 Å². The molecule has 4 nitrogen and oxygen atoms in total. The van der Waals surface area contributed by atoms with Gasteiger partial charge < -0.3 is 10.2 Å². The molecule has 0 amide bonds. The van der Waals surface area contributed by atoms with E-state index in [4.69, 9.17) is 0 Å². The number of hydrogen-bond donors (Lipinski definition) is 1. The molecule has 0 bridgehead atoms. The molecule has 0 aliphatic carbocycles. The summed E-state index contributed by atoms with van der Waals surface area (Å²) < 4.78 is 0. The van der Waals surface area contributed by atoms with E-state index in [1.807, 2.05) is 23.6 Å². The Balaban J connectivity index is 1.47. The first-order chi connectivity index (χ1) is 11.4. The van der Waals surface area contributed by atoms with Crippen molar-refractivity contribution < 1.29 is 0 Å². The van der Waals surface area contributed by atoms with E-state index in [0.717, 1.165) is 22.2 Å². The van der Waals surface area contributed by atoms with Gasteiger partial charge in [0.1, 0.15) is 5.69 Å². The molecule has 1 aliphatic heterocycles.